The quantitative estimate of drug-likeness (QED) is 0.689. The molecule has 80 valence electrons. The van der Waals surface area contributed by atoms with Crippen LogP contribution in [-0.2, 0) is 0 Å². The molecule has 3 heteroatoms. The topological polar surface area (TPSA) is 20.2 Å². The Morgan fingerprint density at radius 3 is 2.08 bits per heavy atom. The van der Waals surface area contributed by atoms with Crippen LogP contribution in [-0.4, -0.2) is 17.6 Å². The molecule has 0 aliphatic carbocycles. The first kappa shape index (κ1) is 12.8. The zero-order chi connectivity index (χ0) is 10.4. The highest BCUT2D eigenvalue weighted by atomic mass is 19.3. The van der Waals surface area contributed by atoms with Crippen molar-refractivity contribution >= 4 is 0 Å². The lowest BCUT2D eigenvalue weighted by Crippen LogP contribution is -2.31. The lowest BCUT2D eigenvalue weighted by molar-refractivity contribution is -0.0529. The van der Waals surface area contributed by atoms with Crippen molar-refractivity contribution in [2.24, 2.45) is 11.8 Å². The smallest absolute Gasteiger partial charge is 0.264 e. The van der Waals surface area contributed by atoms with Gasteiger partial charge in [0, 0.05) is 0 Å². The molecular formula is C10H20F2O. The first-order chi connectivity index (χ1) is 6.00. The van der Waals surface area contributed by atoms with Gasteiger partial charge in [0.15, 0.2) is 0 Å². The first-order valence-electron chi connectivity index (χ1n) is 4.96. The van der Waals surface area contributed by atoms with Gasteiger partial charge in [-0.1, -0.05) is 33.6 Å². The van der Waals surface area contributed by atoms with Gasteiger partial charge in [-0.05, 0) is 18.3 Å². The Hall–Kier alpha value is -0.180. The molecule has 0 spiro atoms. The van der Waals surface area contributed by atoms with Crippen molar-refractivity contribution < 1.29 is 13.9 Å². The van der Waals surface area contributed by atoms with E-state index in [9.17, 15) is 13.9 Å². The highest BCUT2D eigenvalue weighted by Gasteiger charge is 2.29. The van der Waals surface area contributed by atoms with Gasteiger partial charge in [-0.25, -0.2) is 8.78 Å². The van der Waals surface area contributed by atoms with Gasteiger partial charge in [-0.3, -0.25) is 0 Å². The molecule has 13 heavy (non-hydrogen) atoms. The Morgan fingerprint density at radius 2 is 1.77 bits per heavy atom. The summed E-state index contributed by atoms with van der Waals surface area (Å²) in [4.78, 5) is 0. The third-order valence-corrected chi connectivity index (χ3v) is 2.44. The molecule has 1 nitrogen and oxygen atoms in total. The van der Waals surface area contributed by atoms with Crippen LogP contribution in [0.15, 0.2) is 0 Å². The predicted molar refractivity (Wildman–Crippen MR) is 49.9 cm³/mol. The molecule has 1 unspecified atom stereocenters. The molecule has 0 aliphatic heterocycles. The number of alkyl halides is 2. The number of hydrogen-bond acceptors (Lipinski definition) is 1. The highest BCUT2D eigenvalue weighted by Crippen LogP contribution is 2.25. The third-order valence-electron chi connectivity index (χ3n) is 2.44. The molecule has 0 saturated carbocycles. The molecule has 0 aliphatic rings. The summed E-state index contributed by atoms with van der Waals surface area (Å²) < 4.78 is 24.4. The van der Waals surface area contributed by atoms with Crippen molar-refractivity contribution in [1.82, 2.24) is 0 Å². The predicted octanol–water partition coefficient (Wildman–Crippen LogP) is 3.07. The minimum absolute atomic E-state index is 0.121. The van der Waals surface area contributed by atoms with Gasteiger partial charge in [0.2, 0.25) is 0 Å². The normalized spacial score (nSPS) is 16.6. The summed E-state index contributed by atoms with van der Waals surface area (Å²) in [5.74, 6) is -0.143. The minimum atomic E-state index is -2.61. The van der Waals surface area contributed by atoms with Crippen molar-refractivity contribution in [3.05, 3.63) is 0 Å². The van der Waals surface area contributed by atoms with Gasteiger partial charge in [0.05, 0.1) is 0 Å². The van der Waals surface area contributed by atoms with Crippen LogP contribution >= 0.6 is 0 Å². The van der Waals surface area contributed by atoms with Crippen LogP contribution in [0.3, 0.4) is 0 Å². The van der Waals surface area contributed by atoms with E-state index < -0.39 is 12.5 Å². The fourth-order valence-corrected chi connectivity index (χ4v) is 1.53. The molecule has 0 saturated heterocycles. The third kappa shape index (κ3) is 4.55. The zero-order valence-corrected chi connectivity index (χ0v) is 8.63. The maximum absolute atomic E-state index is 12.2. The van der Waals surface area contributed by atoms with Gasteiger partial charge in [0.1, 0.15) is 6.10 Å². The van der Waals surface area contributed by atoms with Crippen LogP contribution in [0.2, 0.25) is 0 Å². The standard InChI is InChI=1S/C10H20F2O/c1-4-5-6-8(7(2)3)9(13)10(11)12/h7-10,13H,4-6H2,1-3H3/t8?,9-/m1/s1. The van der Waals surface area contributed by atoms with Gasteiger partial charge in [0.25, 0.3) is 6.43 Å². The van der Waals surface area contributed by atoms with Crippen molar-refractivity contribution in [3.8, 4) is 0 Å². The Kier molecular flexibility index (Phi) is 6.21. The summed E-state index contributed by atoms with van der Waals surface area (Å²) in [7, 11) is 0. The number of aliphatic hydroxyl groups excluding tert-OH is 1. The van der Waals surface area contributed by atoms with Gasteiger partial charge in [-0.15, -0.1) is 0 Å². The molecule has 0 aromatic rings. The number of hydrogen-bond donors (Lipinski definition) is 1. The molecule has 0 amide bonds. The van der Waals surface area contributed by atoms with E-state index in [0.717, 1.165) is 12.8 Å². The largest absolute Gasteiger partial charge is 0.387 e. The minimum Gasteiger partial charge on any atom is -0.387 e. The summed E-state index contributed by atoms with van der Waals surface area (Å²) in [5, 5.41) is 9.23. The molecular weight excluding hydrogens is 174 g/mol. The summed E-state index contributed by atoms with van der Waals surface area (Å²) in [6.07, 6.45) is -1.47. The average Bonchev–Trinajstić information content (AvgIpc) is 2.04. The monoisotopic (exact) mass is 194 g/mol. The average molecular weight is 194 g/mol. The number of aliphatic hydroxyl groups is 1. The molecule has 2 atom stereocenters. The van der Waals surface area contributed by atoms with E-state index in [-0.39, 0.29) is 11.8 Å². The first-order valence-corrected chi connectivity index (χ1v) is 4.96. The molecule has 0 heterocycles. The Labute approximate surface area is 79.1 Å². The highest BCUT2D eigenvalue weighted by molar-refractivity contribution is 4.73. The van der Waals surface area contributed by atoms with E-state index in [0.29, 0.717) is 6.42 Å². The van der Waals surface area contributed by atoms with E-state index >= 15 is 0 Å². The fourth-order valence-electron chi connectivity index (χ4n) is 1.53. The maximum atomic E-state index is 12.2. The Balaban J connectivity index is 4.07. The van der Waals surface area contributed by atoms with Gasteiger partial charge < -0.3 is 5.11 Å². The van der Waals surface area contributed by atoms with Gasteiger partial charge in [-0.2, -0.15) is 0 Å². The molecule has 0 aromatic heterocycles. The van der Waals surface area contributed by atoms with Crippen molar-refractivity contribution in [2.45, 2.75) is 52.6 Å². The van der Waals surface area contributed by atoms with Crippen molar-refractivity contribution in [1.29, 1.82) is 0 Å². The van der Waals surface area contributed by atoms with Crippen LogP contribution in [0.1, 0.15) is 40.0 Å². The van der Waals surface area contributed by atoms with Crippen LogP contribution in [0.4, 0.5) is 8.78 Å². The summed E-state index contributed by atoms with van der Waals surface area (Å²) in [5.41, 5.74) is 0. The van der Waals surface area contributed by atoms with E-state index in [1.807, 2.05) is 20.8 Å². The maximum Gasteiger partial charge on any atom is 0.264 e. The van der Waals surface area contributed by atoms with E-state index in [1.54, 1.807) is 0 Å². The number of halogens is 2. The molecule has 0 bridgehead atoms. The second-order valence-corrected chi connectivity index (χ2v) is 3.88. The van der Waals surface area contributed by atoms with E-state index in [4.69, 9.17) is 0 Å². The number of unbranched alkanes of at least 4 members (excludes halogenated alkanes) is 1. The molecule has 1 N–H and O–H groups in total. The van der Waals surface area contributed by atoms with Crippen LogP contribution in [0.5, 0.6) is 0 Å². The van der Waals surface area contributed by atoms with Crippen LogP contribution in [0.25, 0.3) is 0 Å². The lowest BCUT2D eigenvalue weighted by Gasteiger charge is -2.25. The number of rotatable bonds is 6. The van der Waals surface area contributed by atoms with E-state index in [2.05, 4.69) is 0 Å². The Morgan fingerprint density at radius 1 is 1.23 bits per heavy atom. The van der Waals surface area contributed by atoms with E-state index in [1.165, 1.54) is 0 Å². The summed E-state index contributed by atoms with van der Waals surface area (Å²) >= 11 is 0. The van der Waals surface area contributed by atoms with Crippen LogP contribution < -0.4 is 0 Å². The lowest BCUT2D eigenvalue weighted by atomic mass is 9.86. The zero-order valence-electron chi connectivity index (χ0n) is 8.63. The molecule has 0 radical (unpaired) electrons. The van der Waals surface area contributed by atoms with Crippen molar-refractivity contribution in [2.75, 3.05) is 0 Å². The Bertz CT molecular complexity index is 126. The van der Waals surface area contributed by atoms with Crippen LogP contribution in [0, 0.1) is 11.8 Å². The SMILES string of the molecule is CCCCC(C(C)C)[C@@H](O)C(F)F. The van der Waals surface area contributed by atoms with Gasteiger partial charge >= 0.3 is 0 Å². The second kappa shape index (κ2) is 6.30. The molecule has 0 fully saturated rings. The second-order valence-electron chi connectivity index (χ2n) is 3.88. The molecule has 0 aromatic carbocycles. The van der Waals surface area contributed by atoms with Crippen molar-refractivity contribution in [3.63, 3.8) is 0 Å². The summed E-state index contributed by atoms with van der Waals surface area (Å²) in [6.45, 7) is 5.78. The molecule has 0 rings (SSSR count). The fraction of sp³-hybridized carbons (Fsp3) is 1.00. The summed E-state index contributed by atoms with van der Waals surface area (Å²) in [6, 6.07) is 0.